The molecule has 2 amide bonds. The lowest BCUT2D eigenvalue weighted by atomic mass is 9.98. The minimum atomic E-state index is -3.61. The molecule has 12 rings (SSSR count). The molecule has 6 fully saturated rings. The summed E-state index contributed by atoms with van der Waals surface area (Å²) in [5.74, 6) is 2.75. The van der Waals surface area contributed by atoms with Gasteiger partial charge in [-0.1, -0.05) is 34.8 Å². The summed E-state index contributed by atoms with van der Waals surface area (Å²) >= 11 is 18.8. The standard InChI is InChI=1S/C27H34ClN7O5S.C23H26Cl2N6O4S.C4H9NO/c1-41(38,39)31-21-6-5-19(28)12-20(21)27(37)34-7-3-2-4-23(34)22-13-25-29-24(33-15-18(16-33)17-36)14-26(35(25)30-22)32-8-10-40-11-9-32;1-36(33,34)28-17-6-5-15(24)12-16(17)23(32)30-7-3-2-4-19(30)18-13-21-26-20(25)14-22(31(21)27-18)29-8-10-35-11-9-29;6-3-4-1-5-2-4/h5-6,12-14,18,23,31,36H,2-4,7-11,15-17H2,1H3;5-6,12-14,19,28H,2-4,7-11H2,1H3;4-6H,1-3H2/t23-;19-;/m00./s1. The van der Waals surface area contributed by atoms with Gasteiger partial charge < -0.3 is 49.5 Å². The fourth-order valence-corrected chi connectivity index (χ4v) is 12.7. The van der Waals surface area contributed by atoms with E-state index in [0.717, 1.165) is 107 Å². The second kappa shape index (κ2) is 26.2. The molecule has 448 valence electrons. The fraction of sp³-hybridized carbons (Fsp3) is 0.519. The first kappa shape index (κ1) is 60.3. The number of piperidine rings is 2. The Kier molecular flexibility index (Phi) is 19.0. The zero-order valence-electron chi connectivity index (χ0n) is 46.2. The predicted octanol–water partition coefficient (Wildman–Crippen LogP) is 5.20. The van der Waals surface area contributed by atoms with Crippen LogP contribution in [0.15, 0.2) is 60.7 Å². The average Bonchev–Trinajstić information content (AvgIpc) is 4.27. The number of anilines is 5. The third kappa shape index (κ3) is 14.5. The zero-order valence-corrected chi connectivity index (χ0v) is 50.1. The van der Waals surface area contributed by atoms with Crippen molar-refractivity contribution in [2.45, 2.75) is 50.6 Å². The zero-order chi connectivity index (χ0) is 58.6. The number of nitrogens with zero attached hydrogens (tertiary/aromatic N) is 11. The van der Waals surface area contributed by atoms with Crippen LogP contribution in [0.5, 0.6) is 0 Å². The molecule has 6 saturated heterocycles. The molecule has 2 atom stereocenters. The van der Waals surface area contributed by atoms with E-state index in [1.807, 2.05) is 22.7 Å². The lowest BCUT2D eigenvalue weighted by Crippen LogP contribution is -2.49. The molecule has 2 aromatic carbocycles. The summed E-state index contributed by atoms with van der Waals surface area (Å²) in [4.78, 5) is 47.1. The second-order valence-electron chi connectivity index (χ2n) is 21.6. The summed E-state index contributed by atoms with van der Waals surface area (Å²) in [6.45, 7) is 10.4. The molecule has 10 heterocycles. The van der Waals surface area contributed by atoms with Gasteiger partial charge in [0.1, 0.15) is 22.6 Å². The molecule has 5 N–H and O–H groups in total. The summed E-state index contributed by atoms with van der Waals surface area (Å²) in [5, 5.41) is 31.8. The van der Waals surface area contributed by atoms with Crippen LogP contribution in [0.1, 0.15) is 82.7 Å². The van der Waals surface area contributed by atoms with E-state index in [-0.39, 0.29) is 58.9 Å². The average molecular weight is 1240 g/mol. The van der Waals surface area contributed by atoms with Gasteiger partial charge in [-0.05, 0) is 74.9 Å². The maximum Gasteiger partial charge on any atom is 0.256 e. The van der Waals surface area contributed by atoms with Gasteiger partial charge in [-0.2, -0.15) is 19.2 Å². The van der Waals surface area contributed by atoms with Gasteiger partial charge in [0, 0.05) is 125 Å². The molecule has 0 unspecified atom stereocenters. The number of ether oxygens (including phenoxy) is 2. The second-order valence-corrected chi connectivity index (χ2v) is 26.4. The molecular weight excluding hydrogens is 1180 g/mol. The van der Waals surface area contributed by atoms with Gasteiger partial charge >= 0.3 is 0 Å². The highest BCUT2D eigenvalue weighted by molar-refractivity contribution is 7.92. The van der Waals surface area contributed by atoms with Crippen molar-refractivity contribution in [2.24, 2.45) is 11.8 Å². The number of carbonyl (C=O) groups excluding carboxylic acids is 2. The van der Waals surface area contributed by atoms with Crippen molar-refractivity contribution in [3.8, 4) is 0 Å². The molecule has 0 saturated carbocycles. The highest BCUT2D eigenvalue weighted by Gasteiger charge is 2.36. The van der Waals surface area contributed by atoms with Gasteiger partial charge in [0.25, 0.3) is 11.8 Å². The molecule has 0 bridgehead atoms. The number of hydrogen-bond acceptors (Lipinski definition) is 18. The lowest BCUT2D eigenvalue weighted by Gasteiger charge is -2.39. The first-order valence-corrected chi connectivity index (χ1v) is 32.7. The van der Waals surface area contributed by atoms with Gasteiger partial charge in [0.05, 0.1) is 84.9 Å². The SMILES string of the molecule is CS(=O)(=O)Nc1ccc(Cl)cc1C(=O)N1CCCC[C@H]1c1cc2nc(Cl)cc(N3CCOCC3)n2n1.CS(=O)(=O)Nc1ccc(Cl)cc1C(=O)N1CCCC[C@H]1c1cc2nc(N3CC(CO)C3)cc(N3CCOCC3)n2n1.OCC1CNC1. The summed E-state index contributed by atoms with van der Waals surface area (Å²) < 4.78 is 67.4. The number of hydrogen-bond donors (Lipinski definition) is 5. The number of carbonyl (C=O) groups is 2. The van der Waals surface area contributed by atoms with Crippen molar-refractivity contribution in [3.05, 3.63) is 98.4 Å². The largest absolute Gasteiger partial charge is 0.396 e. The van der Waals surface area contributed by atoms with E-state index in [4.69, 9.17) is 64.6 Å². The number of fused-ring (bicyclic) bond motifs is 2. The van der Waals surface area contributed by atoms with Crippen molar-refractivity contribution in [3.63, 3.8) is 0 Å². The molecule has 83 heavy (non-hydrogen) atoms. The van der Waals surface area contributed by atoms with Crippen molar-refractivity contribution in [2.75, 3.05) is 142 Å². The van der Waals surface area contributed by atoms with E-state index in [9.17, 15) is 31.5 Å². The number of aliphatic hydroxyl groups excluding tert-OH is 2. The summed E-state index contributed by atoms with van der Waals surface area (Å²) in [6.07, 6.45) is 7.03. The number of aromatic nitrogens is 6. The third-order valence-electron chi connectivity index (χ3n) is 15.4. The summed E-state index contributed by atoms with van der Waals surface area (Å²) in [7, 11) is -7.20. The Morgan fingerprint density at radius 1 is 0.602 bits per heavy atom. The number of halogens is 3. The minimum Gasteiger partial charge on any atom is -0.396 e. The number of rotatable bonds is 13. The van der Waals surface area contributed by atoms with E-state index in [1.165, 1.54) is 24.3 Å². The Balaban J connectivity index is 0.000000169. The molecular formula is C54H69Cl3N14O10S2. The van der Waals surface area contributed by atoms with Crippen LogP contribution >= 0.6 is 34.8 Å². The Morgan fingerprint density at radius 3 is 1.48 bits per heavy atom. The Bertz CT molecular complexity index is 3540. The van der Waals surface area contributed by atoms with Crippen LogP contribution in [0.3, 0.4) is 0 Å². The van der Waals surface area contributed by atoms with Crippen LogP contribution in [0, 0.1) is 11.8 Å². The van der Waals surface area contributed by atoms with Crippen LogP contribution < -0.4 is 29.5 Å². The van der Waals surface area contributed by atoms with Gasteiger partial charge in [0.15, 0.2) is 11.3 Å². The van der Waals surface area contributed by atoms with Gasteiger partial charge in [0.2, 0.25) is 20.0 Å². The number of morpholine rings is 2. The number of amides is 2. The number of nitrogens with one attached hydrogen (secondary N) is 3. The van der Waals surface area contributed by atoms with Crippen LogP contribution in [0.25, 0.3) is 11.3 Å². The van der Waals surface area contributed by atoms with Crippen LogP contribution in [-0.2, 0) is 29.5 Å². The predicted molar refractivity (Wildman–Crippen MR) is 318 cm³/mol. The molecule has 6 aliphatic heterocycles. The molecule has 0 radical (unpaired) electrons. The molecule has 4 aromatic heterocycles. The number of likely N-dealkylation sites (tertiary alicyclic amines) is 2. The summed E-state index contributed by atoms with van der Waals surface area (Å²) in [5.41, 5.74) is 3.49. The van der Waals surface area contributed by atoms with Crippen LogP contribution in [0.2, 0.25) is 15.2 Å². The number of benzene rings is 2. The van der Waals surface area contributed by atoms with Crippen LogP contribution in [0.4, 0.5) is 28.8 Å². The first-order chi connectivity index (χ1) is 39.8. The highest BCUT2D eigenvalue weighted by atomic mass is 35.5. The quantitative estimate of drug-likeness (QED) is 0.0930. The van der Waals surface area contributed by atoms with Crippen molar-refractivity contribution in [1.82, 2.24) is 44.3 Å². The maximum absolute atomic E-state index is 14.0. The molecule has 0 aliphatic carbocycles. The summed E-state index contributed by atoms with van der Waals surface area (Å²) in [6, 6.07) is 16.1. The first-order valence-electron chi connectivity index (χ1n) is 27.8. The minimum absolute atomic E-state index is 0.158. The maximum atomic E-state index is 14.0. The van der Waals surface area contributed by atoms with E-state index in [0.29, 0.717) is 104 Å². The molecule has 24 nitrogen and oxygen atoms in total. The van der Waals surface area contributed by atoms with Gasteiger partial charge in [-0.15, -0.1) is 0 Å². The smallest absolute Gasteiger partial charge is 0.256 e. The Labute approximate surface area is 497 Å². The van der Waals surface area contributed by atoms with E-state index >= 15 is 0 Å². The number of aliphatic hydroxyl groups is 2. The molecule has 29 heteroatoms. The fourth-order valence-electron chi connectivity index (χ4n) is 11.0. The molecule has 0 spiro atoms. The highest BCUT2D eigenvalue weighted by Crippen LogP contribution is 2.38. The van der Waals surface area contributed by atoms with E-state index in [1.54, 1.807) is 32.5 Å². The lowest BCUT2D eigenvalue weighted by molar-refractivity contribution is 0.0600. The monoisotopic (exact) mass is 1240 g/mol. The van der Waals surface area contributed by atoms with E-state index in [2.05, 4.69) is 34.4 Å². The van der Waals surface area contributed by atoms with Crippen LogP contribution in [-0.4, -0.2) is 195 Å². The van der Waals surface area contributed by atoms with Gasteiger partial charge in [-0.3, -0.25) is 19.0 Å². The van der Waals surface area contributed by atoms with Gasteiger partial charge in [-0.25, -0.2) is 26.8 Å². The normalized spacial score (nSPS) is 20.0. The van der Waals surface area contributed by atoms with E-state index < -0.39 is 20.0 Å². The van der Waals surface area contributed by atoms with Crippen molar-refractivity contribution < 1.29 is 46.1 Å². The van der Waals surface area contributed by atoms with Crippen molar-refractivity contribution in [1.29, 1.82) is 0 Å². The Hall–Kier alpha value is -5.81. The third-order valence-corrected chi connectivity index (χ3v) is 17.2. The molecule has 6 aliphatic rings. The topological polar surface area (TPSA) is 274 Å². The molecule has 6 aromatic rings. The number of sulfonamides is 2. The van der Waals surface area contributed by atoms with Crippen molar-refractivity contribution >= 4 is 107 Å². The Morgan fingerprint density at radius 2 is 1.06 bits per heavy atom.